The van der Waals surface area contributed by atoms with Crippen molar-refractivity contribution in [2.75, 3.05) is 30.1 Å². The number of carbonyl (C=O) groups excluding carboxylic acids is 2. The lowest BCUT2D eigenvalue weighted by atomic mass is 10.1. The Morgan fingerprint density at radius 1 is 0.769 bits per heavy atom. The van der Waals surface area contributed by atoms with Crippen LogP contribution in [0.1, 0.15) is 17.3 Å². The highest BCUT2D eigenvalue weighted by Gasteiger charge is 2.26. The molecule has 20 nitrogen and oxygen atoms in total. The summed E-state index contributed by atoms with van der Waals surface area (Å²) in [5.74, 6) is -3.26. The molecule has 4 rings (SSSR count). The van der Waals surface area contributed by atoms with Gasteiger partial charge in [-0.25, -0.2) is 12.6 Å². The number of anilines is 2. The predicted molar refractivity (Wildman–Crippen MR) is 181 cm³/mol. The molecule has 0 aliphatic heterocycles. The van der Waals surface area contributed by atoms with Crippen LogP contribution in [0.4, 0.5) is 22.7 Å². The molecule has 0 heterocycles. The molecule has 0 saturated carbocycles. The smallest absolute Gasteiger partial charge is 0.397 e. The second-order valence-electron chi connectivity index (χ2n) is 10.4. The lowest BCUT2D eigenvalue weighted by Gasteiger charge is -2.14. The summed E-state index contributed by atoms with van der Waals surface area (Å²) in [4.78, 5) is 22.7. The fraction of sp³-hybridized carbons (Fsp3) is 0.143. The van der Waals surface area contributed by atoms with E-state index in [0.29, 0.717) is 0 Å². The summed E-state index contributed by atoms with van der Waals surface area (Å²) >= 11 is 0. The molecular weight excluding hydrogens is 777 g/mol. The molecule has 278 valence electrons. The van der Waals surface area contributed by atoms with Crippen molar-refractivity contribution in [2.45, 2.75) is 21.6 Å². The lowest BCUT2D eigenvalue weighted by molar-refractivity contribution is -0.114. The fourth-order valence-corrected chi connectivity index (χ4v) is 7.23. The van der Waals surface area contributed by atoms with E-state index in [4.69, 9.17) is 9.29 Å². The van der Waals surface area contributed by atoms with Crippen molar-refractivity contribution in [1.82, 2.24) is 0 Å². The molecule has 0 unspecified atom stereocenters. The fourth-order valence-electron chi connectivity index (χ4n) is 4.52. The number of azo groups is 1. The van der Waals surface area contributed by atoms with Crippen LogP contribution in [-0.2, 0) is 49.5 Å². The van der Waals surface area contributed by atoms with Gasteiger partial charge >= 0.3 is 10.4 Å². The van der Waals surface area contributed by atoms with Crippen LogP contribution in [0.3, 0.4) is 0 Å². The summed E-state index contributed by atoms with van der Waals surface area (Å²) in [7, 11) is -17.9. The molecule has 0 fully saturated rings. The van der Waals surface area contributed by atoms with Gasteiger partial charge < -0.3 is 20.5 Å². The zero-order chi connectivity index (χ0) is 38.8. The molecule has 52 heavy (non-hydrogen) atoms. The highest BCUT2D eigenvalue weighted by Crippen LogP contribution is 2.45. The zero-order valence-corrected chi connectivity index (χ0v) is 29.7. The number of hydrogen-bond acceptors (Lipinski definition) is 15. The number of ether oxygens (including phenoxy) is 1. The van der Waals surface area contributed by atoms with Crippen molar-refractivity contribution >= 4 is 85.8 Å². The molecule has 2 amide bonds. The number of amides is 2. The second-order valence-corrected chi connectivity index (χ2v) is 16.4. The predicted octanol–water partition coefficient (Wildman–Crippen LogP) is 3.27. The molecule has 0 bridgehead atoms. The van der Waals surface area contributed by atoms with Gasteiger partial charge in [-0.3, -0.25) is 23.2 Å². The number of methoxy groups -OCH3 is 1. The maximum absolute atomic E-state index is 13.0. The maximum atomic E-state index is 13.0. The highest BCUT2D eigenvalue weighted by molar-refractivity contribution is 7.91. The van der Waals surface area contributed by atoms with E-state index in [1.807, 2.05) is 0 Å². The Labute approximate surface area is 295 Å². The van der Waals surface area contributed by atoms with Crippen LogP contribution < -0.4 is 15.4 Å². The summed E-state index contributed by atoms with van der Waals surface area (Å²) in [6, 6.07) is 10.7. The first kappa shape index (κ1) is 39.7. The Morgan fingerprint density at radius 2 is 1.40 bits per heavy atom. The van der Waals surface area contributed by atoms with Gasteiger partial charge in [0.1, 0.15) is 16.3 Å². The molecule has 0 aliphatic carbocycles. The molecule has 0 spiro atoms. The SMILES string of the molecule is COc1ccc(S(=O)(=O)CCOS(=O)(=O)O)cc1NC(=O)c1ccc(N=Nc2c(S(=O)(=O)O)cc3cc(S(=O)(=O)O)cc(NC(C)=O)c3c2O)cc1. The minimum atomic E-state index is -5.17. The maximum Gasteiger partial charge on any atom is 0.397 e. The topological polar surface area (TPSA) is 319 Å². The first-order valence-corrected chi connectivity index (χ1v) is 19.8. The number of benzene rings is 4. The first-order valence-electron chi connectivity index (χ1n) is 13.9. The minimum Gasteiger partial charge on any atom is -0.505 e. The van der Waals surface area contributed by atoms with Crippen LogP contribution in [0.2, 0.25) is 0 Å². The number of hydrogen-bond donors (Lipinski definition) is 6. The molecule has 0 aliphatic rings. The van der Waals surface area contributed by atoms with Crippen molar-refractivity contribution in [3.05, 3.63) is 66.2 Å². The summed E-state index contributed by atoms with van der Waals surface area (Å²) in [6.45, 7) is 0.167. The van der Waals surface area contributed by atoms with Gasteiger partial charge in [0.05, 0.1) is 46.3 Å². The Balaban J connectivity index is 1.66. The molecule has 24 heteroatoms. The van der Waals surface area contributed by atoms with Crippen molar-refractivity contribution in [2.24, 2.45) is 10.2 Å². The van der Waals surface area contributed by atoms with E-state index in [-0.39, 0.29) is 44.0 Å². The van der Waals surface area contributed by atoms with Crippen LogP contribution in [-0.4, -0.2) is 83.7 Å². The van der Waals surface area contributed by atoms with Gasteiger partial charge in [-0.05, 0) is 66.0 Å². The Morgan fingerprint density at radius 3 is 1.96 bits per heavy atom. The number of sulfone groups is 1. The molecule has 4 aromatic rings. The summed E-state index contributed by atoms with van der Waals surface area (Å²) < 4.78 is 132. The number of phenolic OH excluding ortho intramolecular Hbond substituents is 1. The van der Waals surface area contributed by atoms with Gasteiger partial charge in [0.25, 0.3) is 26.1 Å². The molecule has 0 saturated heterocycles. The van der Waals surface area contributed by atoms with E-state index in [2.05, 4.69) is 25.0 Å². The summed E-state index contributed by atoms with van der Waals surface area (Å²) in [6.07, 6.45) is 0. The monoisotopic (exact) mass is 802 g/mol. The lowest BCUT2D eigenvalue weighted by Crippen LogP contribution is -2.16. The van der Waals surface area contributed by atoms with Gasteiger partial charge in [-0.2, -0.15) is 30.4 Å². The number of carbonyl (C=O) groups is 2. The summed E-state index contributed by atoms with van der Waals surface area (Å²) in [5.41, 5.74) is -1.33. The number of nitrogens with one attached hydrogen (secondary N) is 2. The van der Waals surface area contributed by atoms with Gasteiger partial charge in [-0.15, -0.1) is 5.11 Å². The molecule has 0 aromatic heterocycles. The Hall–Kier alpha value is -5.08. The quantitative estimate of drug-likeness (QED) is 0.0834. The van der Waals surface area contributed by atoms with E-state index in [9.17, 15) is 57.5 Å². The van der Waals surface area contributed by atoms with E-state index < -0.39 is 85.9 Å². The largest absolute Gasteiger partial charge is 0.505 e. The van der Waals surface area contributed by atoms with Crippen LogP contribution in [0.5, 0.6) is 11.5 Å². The molecule has 0 radical (unpaired) electrons. The van der Waals surface area contributed by atoms with E-state index >= 15 is 0 Å². The standard InChI is InChI=1S/C28H26N4O16S4/c1-15(33)29-22-14-20(50(38,39)40)11-17-12-24(51(41,42)43)26(27(34)25(17)22)32-31-18-5-3-16(4-6-18)28(35)30-21-13-19(7-8-23(21)47-2)49(36,37)10-9-48-52(44,45)46/h3-8,11-14,34H,9-10H2,1-2H3,(H,29,33)(H,30,35)(H,38,39,40)(H,41,42,43)(H,44,45,46). The van der Waals surface area contributed by atoms with Crippen LogP contribution in [0, 0.1) is 0 Å². The van der Waals surface area contributed by atoms with Crippen molar-refractivity contribution in [3.8, 4) is 11.5 Å². The Bertz CT molecular complexity index is 2570. The van der Waals surface area contributed by atoms with Gasteiger partial charge in [-0.1, -0.05) is 0 Å². The van der Waals surface area contributed by atoms with Crippen molar-refractivity contribution in [3.63, 3.8) is 0 Å². The average molecular weight is 803 g/mol. The number of fused-ring (bicyclic) bond motifs is 1. The first-order chi connectivity index (χ1) is 24.0. The average Bonchev–Trinajstić information content (AvgIpc) is 3.02. The van der Waals surface area contributed by atoms with Crippen LogP contribution in [0.15, 0.2) is 85.6 Å². The number of rotatable bonds is 13. The number of phenols is 1. The van der Waals surface area contributed by atoms with E-state index in [0.717, 1.165) is 37.3 Å². The normalized spacial score (nSPS) is 12.6. The van der Waals surface area contributed by atoms with E-state index in [1.54, 1.807) is 0 Å². The van der Waals surface area contributed by atoms with Crippen molar-refractivity contribution < 1.29 is 70.9 Å². The highest BCUT2D eigenvalue weighted by atomic mass is 32.3. The zero-order valence-electron chi connectivity index (χ0n) is 26.4. The van der Waals surface area contributed by atoms with Crippen LogP contribution >= 0.6 is 0 Å². The van der Waals surface area contributed by atoms with Crippen molar-refractivity contribution in [1.29, 1.82) is 0 Å². The van der Waals surface area contributed by atoms with E-state index in [1.165, 1.54) is 37.4 Å². The third-order valence-corrected chi connectivity index (χ3v) is 10.6. The third-order valence-electron chi connectivity index (χ3n) is 6.77. The molecular formula is C28H26N4O16S4. The molecule has 4 aromatic carbocycles. The Kier molecular flexibility index (Phi) is 11.4. The number of aromatic hydroxyl groups is 1. The number of nitrogens with zero attached hydrogens (tertiary/aromatic N) is 2. The van der Waals surface area contributed by atoms with Crippen LogP contribution in [0.25, 0.3) is 10.8 Å². The molecule has 0 atom stereocenters. The molecule has 6 N–H and O–H groups in total. The van der Waals surface area contributed by atoms with Gasteiger partial charge in [0.2, 0.25) is 5.91 Å². The summed E-state index contributed by atoms with van der Waals surface area (Å²) in [5, 5.41) is 22.7. The van der Waals surface area contributed by atoms with Gasteiger partial charge in [0, 0.05) is 17.9 Å². The second kappa shape index (κ2) is 14.9. The minimum absolute atomic E-state index is 0.0161. The van der Waals surface area contributed by atoms with Gasteiger partial charge in [0.15, 0.2) is 15.6 Å². The third kappa shape index (κ3) is 9.62.